The number of hydrogen-bond acceptors (Lipinski definition) is 2. The molecule has 0 amide bonds. The third-order valence-electron chi connectivity index (χ3n) is 2.78. The number of nitrogens with zero attached hydrogens (tertiary/aromatic N) is 2. The quantitative estimate of drug-likeness (QED) is 0.707. The van der Waals surface area contributed by atoms with Crippen molar-refractivity contribution in [3.63, 3.8) is 0 Å². The van der Waals surface area contributed by atoms with E-state index in [2.05, 4.69) is 5.10 Å². The molecule has 1 aliphatic rings. The van der Waals surface area contributed by atoms with Gasteiger partial charge in [-0.1, -0.05) is 24.4 Å². The lowest BCUT2D eigenvalue weighted by atomic mass is 10.2. The first-order chi connectivity index (χ1) is 6.70. The molecule has 0 atom stereocenters. The second kappa shape index (κ2) is 3.73. The molecule has 0 spiro atoms. The maximum Gasteiger partial charge on any atom is 0.164 e. The molecule has 1 fully saturated rings. The second-order valence-electron chi connectivity index (χ2n) is 3.79. The van der Waals surface area contributed by atoms with Crippen molar-refractivity contribution < 1.29 is 4.79 Å². The molecule has 0 bridgehead atoms. The zero-order valence-electron chi connectivity index (χ0n) is 8.16. The highest BCUT2D eigenvalue weighted by molar-refractivity contribution is 6.32. The topological polar surface area (TPSA) is 34.9 Å². The van der Waals surface area contributed by atoms with Gasteiger partial charge >= 0.3 is 0 Å². The molecule has 0 aliphatic heterocycles. The van der Waals surface area contributed by atoms with Crippen LogP contribution in [0.2, 0.25) is 5.15 Å². The largest absolute Gasteiger partial charge is 0.294 e. The molecule has 1 aliphatic carbocycles. The van der Waals surface area contributed by atoms with Crippen LogP contribution >= 0.6 is 11.6 Å². The normalized spacial score (nSPS) is 17.6. The molecule has 3 nitrogen and oxygen atoms in total. The van der Waals surface area contributed by atoms with Crippen LogP contribution in [0.3, 0.4) is 0 Å². The molecule has 76 valence electrons. The van der Waals surface area contributed by atoms with Crippen LogP contribution in [-0.4, -0.2) is 15.6 Å². The van der Waals surface area contributed by atoms with Gasteiger partial charge in [0, 0.05) is 0 Å². The van der Waals surface area contributed by atoms with E-state index in [1.807, 2.05) is 0 Å². The molecule has 0 radical (unpaired) electrons. The molecule has 0 aromatic carbocycles. The average molecular weight is 213 g/mol. The van der Waals surface area contributed by atoms with Crippen molar-refractivity contribution in [1.29, 1.82) is 0 Å². The van der Waals surface area contributed by atoms with E-state index in [1.165, 1.54) is 19.8 Å². The van der Waals surface area contributed by atoms with Gasteiger partial charge in [0.2, 0.25) is 0 Å². The van der Waals surface area contributed by atoms with Crippen LogP contribution in [0.25, 0.3) is 0 Å². The molecule has 1 aromatic rings. The lowest BCUT2D eigenvalue weighted by Gasteiger charge is -2.10. The summed E-state index contributed by atoms with van der Waals surface area (Å²) < 4.78 is 1.80. The lowest BCUT2D eigenvalue weighted by Crippen LogP contribution is -2.06. The van der Waals surface area contributed by atoms with Crippen molar-refractivity contribution in [3.05, 3.63) is 16.9 Å². The van der Waals surface area contributed by atoms with Gasteiger partial charge in [0.25, 0.3) is 0 Å². The number of carbonyl (C=O) groups excluding carboxylic acids is 1. The highest BCUT2D eigenvalue weighted by Gasteiger charge is 2.22. The van der Waals surface area contributed by atoms with E-state index >= 15 is 0 Å². The Balaban J connectivity index is 2.30. The van der Waals surface area contributed by atoms with Gasteiger partial charge in [0.1, 0.15) is 5.15 Å². The van der Waals surface area contributed by atoms with Crippen molar-refractivity contribution >= 4 is 17.4 Å². The standard InChI is InChI=1S/C10H13ClN2O/c1-7(14)9-6-12-13(10(9)11)8-4-2-3-5-8/h6,8H,2-5H2,1H3. The Hall–Kier alpha value is -0.830. The molecular weight excluding hydrogens is 200 g/mol. The third kappa shape index (κ3) is 1.57. The minimum Gasteiger partial charge on any atom is -0.294 e. The summed E-state index contributed by atoms with van der Waals surface area (Å²) in [5.74, 6) is -0.0146. The van der Waals surface area contributed by atoms with Gasteiger partial charge in [-0.15, -0.1) is 0 Å². The van der Waals surface area contributed by atoms with Gasteiger partial charge in [-0.05, 0) is 19.8 Å². The Labute approximate surface area is 88.1 Å². The molecule has 0 saturated heterocycles. The van der Waals surface area contributed by atoms with Crippen molar-refractivity contribution in [2.24, 2.45) is 0 Å². The monoisotopic (exact) mass is 212 g/mol. The molecule has 4 heteroatoms. The maximum absolute atomic E-state index is 11.2. The minimum atomic E-state index is -0.0146. The van der Waals surface area contributed by atoms with Crippen LogP contribution in [0, 0.1) is 0 Å². The number of Topliss-reactive ketones (excluding diaryl/α,β-unsaturated/α-hetero) is 1. The number of halogens is 1. The lowest BCUT2D eigenvalue weighted by molar-refractivity contribution is 0.101. The third-order valence-corrected chi connectivity index (χ3v) is 3.16. The zero-order valence-corrected chi connectivity index (χ0v) is 8.92. The van der Waals surface area contributed by atoms with Crippen LogP contribution < -0.4 is 0 Å². The summed E-state index contributed by atoms with van der Waals surface area (Å²) in [5.41, 5.74) is 0.540. The number of carbonyl (C=O) groups is 1. The number of ketones is 1. The number of rotatable bonds is 2. The number of hydrogen-bond donors (Lipinski definition) is 0. The van der Waals surface area contributed by atoms with Gasteiger partial charge in [-0.25, -0.2) is 0 Å². The summed E-state index contributed by atoms with van der Waals surface area (Å²) in [6.07, 6.45) is 6.28. The maximum atomic E-state index is 11.2. The van der Waals surface area contributed by atoms with Crippen LogP contribution in [0.5, 0.6) is 0 Å². The van der Waals surface area contributed by atoms with Gasteiger partial charge in [0.15, 0.2) is 5.78 Å². The average Bonchev–Trinajstić information content (AvgIpc) is 2.71. The minimum absolute atomic E-state index is 0.0146. The van der Waals surface area contributed by atoms with Gasteiger partial charge in [-0.2, -0.15) is 5.10 Å². The Kier molecular flexibility index (Phi) is 2.59. The molecule has 14 heavy (non-hydrogen) atoms. The fraction of sp³-hybridized carbons (Fsp3) is 0.600. The summed E-state index contributed by atoms with van der Waals surface area (Å²) in [7, 11) is 0. The summed E-state index contributed by atoms with van der Waals surface area (Å²) in [6.45, 7) is 1.52. The van der Waals surface area contributed by atoms with E-state index in [1.54, 1.807) is 10.9 Å². The molecule has 0 N–H and O–H groups in total. The highest BCUT2D eigenvalue weighted by Crippen LogP contribution is 2.32. The van der Waals surface area contributed by atoms with Gasteiger partial charge < -0.3 is 0 Å². The molecule has 1 heterocycles. The van der Waals surface area contributed by atoms with E-state index in [0.29, 0.717) is 16.8 Å². The second-order valence-corrected chi connectivity index (χ2v) is 4.15. The van der Waals surface area contributed by atoms with Crippen LogP contribution in [0.15, 0.2) is 6.20 Å². The number of aromatic nitrogens is 2. The molecular formula is C10H13ClN2O. The fourth-order valence-electron chi connectivity index (χ4n) is 1.99. The molecule has 1 saturated carbocycles. The Morgan fingerprint density at radius 1 is 1.57 bits per heavy atom. The van der Waals surface area contributed by atoms with Crippen LogP contribution in [0.4, 0.5) is 0 Å². The molecule has 2 rings (SSSR count). The Morgan fingerprint density at radius 2 is 2.21 bits per heavy atom. The summed E-state index contributed by atoms with van der Waals surface area (Å²) in [6, 6.07) is 0.399. The van der Waals surface area contributed by atoms with Crippen molar-refractivity contribution in [2.75, 3.05) is 0 Å². The first-order valence-electron chi connectivity index (χ1n) is 4.94. The van der Waals surface area contributed by atoms with Crippen LogP contribution in [0.1, 0.15) is 49.0 Å². The van der Waals surface area contributed by atoms with Crippen LogP contribution in [-0.2, 0) is 0 Å². The zero-order chi connectivity index (χ0) is 10.1. The van der Waals surface area contributed by atoms with Gasteiger partial charge in [0.05, 0.1) is 17.8 Å². The van der Waals surface area contributed by atoms with E-state index in [0.717, 1.165) is 12.8 Å². The Bertz CT molecular complexity index is 353. The SMILES string of the molecule is CC(=O)c1cnn(C2CCCC2)c1Cl. The fourth-order valence-corrected chi connectivity index (χ4v) is 2.35. The molecule has 1 aromatic heterocycles. The summed E-state index contributed by atoms with van der Waals surface area (Å²) in [4.78, 5) is 11.2. The van der Waals surface area contributed by atoms with Gasteiger partial charge in [-0.3, -0.25) is 9.48 Å². The van der Waals surface area contributed by atoms with E-state index in [4.69, 9.17) is 11.6 Å². The van der Waals surface area contributed by atoms with E-state index < -0.39 is 0 Å². The summed E-state index contributed by atoms with van der Waals surface area (Å²) >= 11 is 6.08. The van der Waals surface area contributed by atoms with Crippen molar-refractivity contribution in [1.82, 2.24) is 9.78 Å². The van der Waals surface area contributed by atoms with E-state index in [-0.39, 0.29) is 5.78 Å². The van der Waals surface area contributed by atoms with Crippen molar-refractivity contribution in [3.8, 4) is 0 Å². The van der Waals surface area contributed by atoms with E-state index in [9.17, 15) is 4.79 Å². The predicted molar refractivity (Wildman–Crippen MR) is 54.7 cm³/mol. The Morgan fingerprint density at radius 3 is 2.71 bits per heavy atom. The first-order valence-corrected chi connectivity index (χ1v) is 5.32. The summed E-state index contributed by atoms with van der Waals surface area (Å²) in [5, 5.41) is 4.69. The predicted octanol–water partition coefficient (Wildman–Crippen LogP) is 2.85. The van der Waals surface area contributed by atoms with Crippen molar-refractivity contribution in [2.45, 2.75) is 38.6 Å². The highest BCUT2D eigenvalue weighted by atomic mass is 35.5. The smallest absolute Gasteiger partial charge is 0.164 e. The first kappa shape index (κ1) is 9.71. The molecule has 0 unspecified atom stereocenters.